The van der Waals surface area contributed by atoms with Crippen LogP contribution in [0.4, 0.5) is 10.1 Å². The molecule has 2 aromatic carbocycles. The zero-order valence-electron chi connectivity index (χ0n) is 10.7. The van der Waals surface area contributed by atoms with Gasteiger partial charge in [0.25, 0.3) is 10.0 Å². The summed E-state index contributed by atoms with van der Waals surface area (Å²) in [5.41, 5.74) is 1.28. The zero-order valence-corrected chi connectivity index (χ0v) is 11.5. The lowest BCUT2D eigenvalue weighted by atomic mass is 10.2. The monoisotopic (exact) mass is 289 g/mol. The van der Waals surface area contributed by atoms with Crippen molar-refractivity contribution in [3.8, 4) is 12.3 Å². The number of benzene rings is 2. The van der Waals surface area contributed by atoms with E-state index >= 15 is 0 Å². The predicted octanol–water partition coefficient (Wildman–Crippen LogP) is 2.92. The quantitative estimate of drug-likeness (QED) is 0.883. The van der Waals surface area contributed by atoms with E-state index in [4.69, 9.17) is 6.42 Å². The maximum atomic E-state index is 13.1. The Morgan fingerprint density at radius 3 is 2.40 bits per heavy atom. The Bertz CT molecular complexity index is 775. The highest BCUT2D eigenvalue weighted by atomic mass is 32.2. The lowest BCUT2D eigenvalue weighted by Crippen LogP contribution is -2.13. The van der Waals surface area contributed by atoms with Gasteiger partial charge in [0.1, 0.15) is 5.82 Å². The summed E-state index contributed by atoms with van der Waals surface area (Å²) in [5.74, 6) is 1.74. The van der Waals surface area contributed by atoms with Crippen LogP contribution in [0.2, 0.25) is 0 Å². The first-order valence-electron chi connectivity index (χ1n) is 5.78. The highest BCUT2D eigenvalue weighted by Gasteiger charge is 2.15. The van der Waals surface area contributed by atoms with E-state index in [1.165, 1.54) is 18.2 Å². The maximum Gasteiger partial charge on any atom is 0.261 e. The molecule has 0 unspecified atom stereocenters. The average Bonchev–Trinajstić information content (AvgIpc) is 2.41. The van der Waals surface area contributed by atoms with E-state index in [1.54, 1.807) is 12.1 Å². The van der Waals surface area contributed by atoms with Crippen LogP contribution < -0.4 is 4.72 Å². The van der Waals surface area contributed by atoms with Crippen LogP contribution in [0, 0.1) is 25.1 Å². The van der Waals surface area contributed by atoms with Crippen molar-refractivity contribution in [1.82, 2.24) is 0 Å². The molecule has 0 atom stereocenters. The summed E-state index contributed by atoms with van der Waals surface area (Å²) in [7, 11) is -3.74. The Kier molecular flexibility index (Phi) is 3.77. The van der Waals surface area contributed by atoms with Crippen LogP contribution in [0.15, 0.2) is 47.4 Å². The maximum absolute atomic E-state index is 13.1. The molecule has 5 heteroatoms. The number of aryl methyl sites for hydroxylation is 1. The van der Waals surface area contributed by atoms with Crippen LogP contribution in [0.5, 0.6) is 0 Å². The summed E-state index contributed by atoms with van der Waals surface area (Å²) in [5, 5.41) is 0. The largest absolute Gasteiger partial charge is 0.278 e. The molecule has 20 heavy (non-hydrogen) atoms. The molecule has 2 rings (SSSR count). The Labute approximate surface area is 117 Å². The molecule has 102 valence electrons. The third kappa shape index (κ3) is 2.98. The van der Waals surface area contributed by atoms with E-state index in [0.29, 0.717) is 0 Å². The molecule has 0 bridgehead atoms. The van der Waals surface area contributed by atoms with Crippen LogP contribution >= 0.6 is 0 Å². The van der Waals surface area contributed by atoms with Crippen molar-refractivity contribution in [2.24, 2.45) is 0 Å². The Hall–Kier alpha value is -2.32. The molecule has 0 radical (unpaired) electrons. The van der Waals surface area contributed by atoms with E-state index < -0.39 is 15.8 Å². The first-order valence-corrected chi connectivity index (χ1v) is 7.26. The fourth-order valence-corrected chi connectivity index (χ4v) is 2.73. The van der Waals surface area contributed by atoms with Crippen molar-refractivity contribution < 1.29 is 12.8 Å². The van der Waals surface area contributed by atoms with E-state index in [9.17, 15) is 12.8 Å². The zero-order chi connectivity index (χ0) is 14.8. The van der Waals surface area contributed by atoms with Gasteiger partial charge < -0.3 is 0 Å². The molecule has 0 aliphatic rings. The minimum atomic E-state index is -3.74. The van der Waals surface area contributed by atoms with E-state index in [-0.39, 0.29) is 16.1 Å². The summed E-state index contributed by atoms with van der Waals surface area (Å²) < 4.78 is 39.8. The summed E-state index contributed by atoms with van der Waals surface area (Å²) in [6.45, 7) is 1.86. The smallest absolute Gasteiger partial charge is 0.261 e. The van der Waals surface area contributed by atoms with Crippen LogP contribution in [0.1, 0.15) is 11.1 Å². The molecule has 0 saturated heterocycles. The van der Waals surface area contributed by atoms with Gasteiger partial charge in [-0.2, -0.15) is 0 Å². The third-order valence-corrected chi connectivity index (χ3v) is 4.09. The highest BCUT2D eigenvalue weighted by molar-refractivity contribution is 7.92. The van der Waals surface area contributed by atoms with E-state index in [2.05, 4.69) is 10.6 Å². The normalized spacial score (nSPS) is 10.8. The Balaban J connectivity index is 2.39. The Morgan fingerprint density at radius 2 is 1.80 bits per heavy atom. The van der Waals surface area contributed by atoms with Gasteiger partial charge in [-0.1, -0.05) is 23.6 Å². The summed E-state index contributed by atoms with van der Waals surface area (Å²) in [6, 6.07) is 9.94. The number of hydrogen-bond acceptors (Lipinski definition) is 2. The van der Waals surface area contributed by atoms with E-state index in [0.717, 1.165) is 17.7 Å². The van der Waals surface area contributed by atoms with Gasteiger partial charge >= 0.3 is 0 Å². The second kappa shape index (κ2) is 5.35. The highest BCUT2D eigenvalue weighted by Crippen LogP contribution is 2.20. The minimum Gasteiger partial charge on any atom is -0.278 e. The van der Waals surface area contributed by atoms with Gasteiger partial charge in [0.05, 0.1) is 16.1 Å². The molecule has 0 aromatic heterocycles. The van der Waals surface area contributed by atoms with E-state index in [1.807, 2.05) is 6.92 Å². The number of halogens is 1. The minimum absolute atomic E-state index is 0.121. The molecule has 0 saturated carbocycles. The molecule has 0 heterocycles. The molecule has 3 nitrogen and oxygen atoms in total. The van der Waals surface area contributed by atoms with Crippen molar-refractivity contribution in [2.45, 2.75) is 11.8 Å². The molecular formula is C15H12FNO2S. The number of hydrogen-bond donors (Lipinski definition) is 1. The molecule has 0 aliphatic heterocycles. The van der Waals surface area contributed by atoms with Gasteiger partial charge in [0.15, 0.2) is 0 Å². The van der Waals surface area contributed by atoms with Gasteiger partial charge in [0, 0.05) is 0 Å². The SMILES string of the molecule is C#Cc1cc(F)ccc1NS(=O)(=O)c1ccc(C)cc1. The van der Waals surface area contributed by atoms with Gasteiger partial charge in [-0.25, -0.2) is 12.8 Å². The van der Waals surface area contributed by atoms with Crippen LogP contribution in [-0.2, 0) is 10.0 Å². The molecule has 0 fully saturated rings. The lowest BCUT2D eigenvalue weighted by molar-refractivity contribution is 0.601. The third-order valence-electron chi connectivity index (χ3n) is 2.71. The number of rotatable bonds is 3. The first-order chi connectivity index (χ1) is 9.42. The fraction of sp³-hybridized carbons (Fsp3) is 0.0667. The summed E-state index contributed by atoms with van der Waals surface area (Å²) in [4.78, 5) is 0.121. The number of nitrogens with one attached hydrogen (secondary N) is 1. The predicted molar refractivity (Wildman–Crippen MR) is 76.3 cm³/mol. The second-order valence-corrected chi connectivity index (χ2v) is 5.94. The Morgan fingerprint density at radius 1 is 1.15 bits per heavy atom. The molecule has 1 N–H and O–H groups in total. The van der Waals surface area contributed by atoms with Crippen LogP contribution in [0.3, 0.4) is 0 Å². The molecule has 0 spiro atoms. The number of anilines is 1. The van der Waals surface area contributed by atoms with Crippen LogP contribution in [-0.4, -0.2) is 8.42 Å². The molecule has 0 amide bonds. The van der Waals surface area contributed by atoms with Gasteiger partial charge in [0.2, 0.25) is 0 Å². The lowest BCUT2D eigenvalue weighted by Gasteiger charge is -2.10. The topological polar surface area (TPSA) is 46.2 Å². The molecule has 2 aromatic rings. The van der Waals surface area contributed by atoms with Crippen molar-refractivity contribution in [3.63, 3.8) is 0 Å². The fourth-order valence-electron chi connectivity index (χ4n) is 1.65. The summed E-state index contributed by atoms with van der Waals surface area (Å²) in [6.07, 6.45) is 5.25. The van der Waals surface area contributed by atoms with Crippen LogP contribution in [0.25, 0.3) is 0 Å². The molecular weight excluding hydrogens is 277 g/mol. The van der Waals surface area contributed by atoms with Crippen molar-refractivity contribution >= 4 is 15.7 Å². The second-order valence-electron chi connectivity index (χ2n) is 4.25. The standard InChI is InChI=1S/C15H12FNO2S/c1-3-12-10-13(16)6-9-15(12)17-20(18,19)14-7-4-11(2)5-8-14/h1,4-10,17H,2H3. The van der Waals surface area contributed by atoms with Crippen molar-refractivity contribution in [2.75, 3.05) is 4.72 Å². The number of terminal acetylenes is 1. The average molecular weight is 289 g/mol. The molecule has 0 aliphatic carbocycles. The van der Waals surface area contributed by atoms with Gasteiger partial charge in [-0.05, 0) is 37.3 Å². The first kappa shape index (κ1) is 14.1. The summed E-state index contributed by atoms with van der Waals surface area (Å²) >= 11 is 0. The van der Waals surface area contributed by atoms with Crippen molar-refractivity contribution in [1.29, 1.82) is 0 Å². The van der Waals surface area contributed by atoms with Gasteiger partial charge in [-0.15, -0.1) is 6.42 Å². The van der Waals surface area contributed by atoms with Crippen molar-refractivity contribution in [3.05, 3.63) is 59.4 Å². The number of sulfonamides is 1. The van der Waals surface area contributed by atoms with Gasteiger partial charge in [-0.3, -0.25) is 4.72 Å².